The van der Waals surface area contributed by atoms with E-state index in [9.17, 15) is 18.4 Å². The molecule has 36 heavy (non-hydrogen) atoms. The van der Waals surface area contributed by atoms with Gasteiger partial charge >= 0.3 is 0 Å². The van der Waals surface area contributed by atoms with Crippen LogP contribution in [0, 0.1) is 11.6 Å². The Kier molecular flexibility index (Phi) is 6.60. The monoisotopic (exact) mass is 499 g/mol. The maximum Gasteiger partial charge on any atom is 0.266 e. The van der Waals surface area contributed by atoms with Crippen LogP contribution in [0.4, 0.5) is 14.5 Å². The maximum atomic E-state index is 14.7. The Morgan fingerprint density at radius 1 is 0.889 bits per heavy atom. The Labute approximate surface area is 209 Å². The second-order valence-corrected chi connectivity index (χ2v) is 8.84. The summed E-state index contributed by atoms with van der Waals surface area (Å²) in [6.45, 7) is 0. The number of nitrogens with zero attached hydrogens (tertiary/aromatic N) is 2. The molecule has 0 fully saturated rings. The third kappa shape index (κ3) is 4.76. The normalized spacial score (nSPS) is 10.9. The van der Waals surface area contributed by atoms with Crippen LogP contribution < -0.4 is 10.9 Å². The van der Waals surface area contributed by atoms with Crippen LogP contribution in [0.25, 0.3) is 27.7 Å². The van der Waals surface area contributed by atoms with Crippen LogP contribution in [-0.4, -0.2) is 21.2 Å². The number of carbonyl (C=O) groups is 1. The molecule has 0 radical (unpaired) electrons. The molecule has 8 heteroatoms. The molecular formula is C28H19F2N3O2S. The first kappa shape index (κ1) is 23.4. The SMILES string of the molecule is O=C(CSc1nc2ccccc2c(=O)n1-c1ccc(F)cc1F)Nc1ccccc1-c1ccccc1. The Bertz CT molecular complexity index is 1640. The standard InChI is InChI=1S/C28H19F2N3O2S/c29-19-14-15-25(22(30)16-19)33-27(35)21-11-5-7-13-24(21)32-28(33)36-17-26(34)31-23-12-6-4-10-20(23)18-8-2-1-3-9-18/h1-16H,17H2,(H,31,34). The van der Waals surface area contributed by atoms with Crippen LogP contribution in [0.2, 0.25) is 0 Å². The lowest BCUT2D eigenvalue weighted by Gasteiger charge is -2.14. The van der Waals surface area contributed by atoms with Gasteiger partial charge in [0.1, 0.15) is 11.6 Å². The third-order valence-corrected chi connectivity index (χ3v) is 6.45. The minimum absolute atomic E-state index is 0.0866. The van der Waals surface area contributed by atoms with Gasteiger partial charge in [0.25, 0.3) is 5.56 Å². The number of fused-ring (bicyclic) bond motifs is 1. The van der Waals surface area contributed by atoms with Crippen LogP contribution >= 0.6 is 11.8 Å². The maximum absolute atomic E-state index is 14.7. The van der Waals surface area contributed by atoms with Gasteiger partial charge < -0.3 is 5.32 Å². The quantitative estimate of drug-likeness (QED) is 0.228. The van der Waals surface area contributed by atoms with Gasteiger partial charge in [0, 0.05) is 17.3 Å². The highest BCUT2D eigenvalue weighted by atomic mass is 32.2. The van der Waals surface area contributed by atoms with Crippen LogP contribution in [0.3, 0.4) is 0 Å². The molecule has 178 valence electrons. The lowest BCUT2D eigenvalue weighted by Crippen LogP contribution is -2.24. The summed E-state index contributed by atoms with van der Waals surface area (Å²) in [5.74, 6) is -2.07. The molecule has 0 aliphatic carbocycles. The van der Waals surface area contributed by atoms with Crippen LogP contribution in [0.15, 0.2) is 107 Å². The molecular weight excluding hydrogens is 480 g/mol. The molecule has 5 aromatic rings. The van der Waals surface area contributed by atoms with Crippen molar-refractivity contribution < 1.29 is 13.6 Å². The molecule has 1 N–H and O–H groups in total. The van der Waals surface area contributed by atoms with Gasteiger partial charge in [-0.3, -0.25) is 14.2 Å². The van der Waals surface area contributed by atoms with Gasteiger partial charge in [-0.05, 0) is 35.9 Å². The Morgan fingerprint density at radius 3 is 2.42 bits per heavy atom. The number of nitrogens with one attached hydrogen (secondary N) is 1. The second kappa shape index (κ2) is 10.1. The van der Waals surface area contributed by atoms with Crippen molar-refractivity contribution in [1.29, 1.82) is 0 Å². The van der Waals surface area contributed by atoms with Crippen molar-refractivity contribution in [2.45, 2.75) is 5.16 Å². The van der Waals surface area contributed by atoms with E-state index >= 15 is 0 Å². The van der Waals surface area contributed by atoms with Crippen molar-refractivity contribution in [3.63, 3.8) is 0 Å². The zero-order chi connectivity index (χ0) is 25.1. The lowest BCUT2D eigenvalue weighted by molar-refractivity contribution is -0.113. The van der Waals surface area contributed by atoms with E-state index in [0.717, 1.165) is 33.5 Å². The summed E-state index contributed by atoms with van der Waals surface area (Å²) >= 11 is 0.992. The number of hydrogen-bond donors (Lipinski definition) is 1. The van der Waals surface area contributed by atoms with Gasteiger partial charge in [-0.2, -0.15) is 0 Å². The molecule has 0 saturated heterocycles. The molecule has 0 unspecified atom stereocenters. The molecule has 0 aliphatic rings. The van der Waals surface area contributed by atoms with Crippen molar-refractivity contribution in [3.05, 3.63) is 119 Å². The number of benzene rings is 4. The summed E-state index contributed by atoms with van der Waals surface area (Å²) in [5.41, 5.74) is 2.23. The van der Waals surface area contributed by atoms with E-state index in [0.29, 0.717) is 17.3 Å². The van der Waals surface area contributed by atoms with Crippen LogP contribution in [-0.2, 0) is 4.79 Å². The van der Waals surface area contributed by atoms with E-state index in [1.165, 1.54) is 6.07 Å². The Morgan fingerprint density at radius 2 is 1.61 bits per heavy atom. The molecule has 0 aliphatic heterocycles. The molecule has 1 heterocycles. The first-order valence-corrected chi connectivity index (χ1v) is 12.0. The minimum atomic E-state index is -0.905. The topological polar surface area (TPSA) is 64.0 Å². The number of anilines is 1. The lowest BCUT2D eigenvalue weighted by atomic mass is 10.0. The number of rotatable bonds is 6. The summed E-state index contributed by atoms with van der Waals surface area (Å²) in [6, 6.07) is 26.7. The highest BCUT2D eigenvalue weighted by molar-refractivity contribution is 7.99. The number of thioether (sulfide) groups is 1. The average Bonchev–Trinajstić information content (AvgIpc) is 2.89. The number of carbonyl (C=O) groups excluding carboxylic acids is 1. The van der Waals surface area contributed by atoms with E-state index in [4.69, 9.17) is 0 Å². The van der Waals surface area contributed by atoms with Gasteiger partial charge in [-0.1, -0.05) is 72.4 Å². The molecule has 4 aromatic carbocycles. The second-order valence-electron chi connectivity index (χ2n) is 7.90. The third-order valence-electron chi connectivity index (χ3n) is 5.51. The van der Waals surface area contributed by atoms with E-state index in [-0.39, 0.29) is 27.9 Å². The first-order valence-electron chi connectivity index (χ1n) is 11.1. The van der Waals surface area contributed by atoms with E-state index in [1.807, 2.05) is 54.6 Å². The predicted molar refractivity (Wildman–Crippen MR) is 138 cm³/mol. The fraction of sp³-hybridized carbons (Fsp3) is 0.0357. The number of para-hydroxylation sites is 2. The van der Waals surface area contributed by atoms with Crippen LogP contribution in [0.1, 0.15) is 0 Å². The molecule has 1 aromatic heterocycles. The highest BCUT2D eigenvalue weighted by Gasteiger charge is 2.18. The van der Waals surface area contributed by atoms with Gasteiger partial charge in [0.15, 0.2) is 5.16 Å². The molecule has 0 atom stereocenters. The van der Waals surface area contributed by atoms with Crippen molar-refractivity contribution in [2.24, 2.45) is 0 Å². The van der Waals surface area contributed by atoms with Crippen molar-refractivity contribution in [3.8, 4) is 16.8 Å². The number of amides is 1. The fourth-order valence-electron chi connectivity index (χ4n) is 3.86. The van der Waals surface area contributed by atoms with Gasteiger partial charge in [0.05, 0.1) is 22.3 Å². The average molecular weight is 500 g/mol. The largest absolute Gasteiger partial charge is 0.325 e. The predicted octanol–water partition coefficient (Wildman–Crippen LogP) is 6.06. The molecule has 5 nitrogen and oxygen atoms in total. The summed E-state index contributed by atoms with van der Waals surface area (Å²) in [4.78, 5) is 30.7. The highest BCUT2D eigenvalue weighted by Crippen LogP contribution is 2.28. The number of halogens is 2. The van der Waals surface area contributed by atoms with Gasteiger partial charge in [0.2, 0.25) is 5.91 Å². The number of hydrogen-bond acceptors (Lipinski definition) is 4. The fourth-order valence-corrected chi connectivity index (χ4v) is 4.67. The molecule has 1 amide bonds. The van der Waals surface area contributed by atoms with Gasteiger partial charge in [-0.25, -0.2) is 13.8 Å². The summed E-state index contributed by atoms with van der Waals surface area (Å²) in [6.07, 6.45) is 0. The van der Waals surface area contributed by atoms with Crippen molar-refractivity contribution >= 4 is 34.3 Å². The van der Waals surface area contributed by atoms with E-state index in [2.05, 4.69) is 10.3 Å². The Balaban J connectivity index is 1.46. The van der Waals surface area contributed by atoms with Crippen molar-refractivity contribution in [2.75, 3.05) is 11.1 Å². The molecule has 0 spiro atoms. The van der Waals surface area contributed by atoms with Gasteiger partial charge in [-0.15, -0.1) is 0 Å². The number of aromatic nitrogens is 2. The summed E-state index contributed by atoms with van der Waals surface area (Å²) in [7, 11) is 0. The van der Waals surface area contributed by atoms with E-state index in [1.54, 1.807) is 24.3 Å². The van der Waals surface area contributed by atoms with E-state index < -0.39 is 17.2 Å². The smallest absolute Gasteiger partial charge is 0.266 e. The Hall–Kier alpha value is -4.30. The first-order chi connectivity index (χ1) is 17.5. The summed E-state index contributed by atoms with van der Waals surface area (Å²) < 4.78 is 29.3. The molecule has 0 saturated carbocycles. The zero-order valence-electron chi connectivity index (χ0n) is 18.8. The van der Waals surface area contributed by atoms with Crippen molar-refractivity contribution in [1.82, 2.24) is 9.55 Å². The molecule has 5 rings (SSSR count). The zero-order valence-corrected chi connectivity index (χ0v) is 19.6. The molecule has 0 bridgehead atoms. The summed E-state index contributed by atoms with van der Waals surface area (Å²) in [5, 5.41) is 3.32. The minimum Gasteiger partial charge on any atom is -0.325 e. The van der Waals surface area contributed by atoms with Crippen LogP contribution in [0.5, 0.6) is 0 Å².